The van der Waals surface area contributed by atoms with Gasteiger partial charge in [-0.2, -0.15) is 0 Å². The van der Waals surface area contributed by atoms with Crippen molar-refractivity contribution in [1.82, 2.24) is 15.5 Å². The number of aliphatic hydroxyl groups excluding tert-OH is 1. The summed E-state index contributed by atoms with van der Waals surface area (Å²) >= 11 is 2.21. The third kappa shape index (κ3) is 9.75. The lowest BCUT2D eigenvalue weighted by molar-refractivity contribution is 0.0752. The van der Waals surface area contributed by atoms with E-state index in [2.05, 4.69) is 33.2 Å². The summed E-state index contributed by atoms with van der Waals surface area (Å²) < 4.78 is 28.9. The van der Waals surface area contributed by atoms with E-state index in [1.54, 1.807) is 4.90 Å². The number of amides is 2. The number of halogens is 3. The van der Waals surface area contributed by atoms with Crippen molar-refractivity contribution >= 4 is 34.4 Å². The molecule has 10 heteroatoms. The van der Waals surface area contributed by atoms with E-state index in [1.165, 1.54) is 18.2 Å². The number of nitrogens with one attached hydrogen (secondary N) is 2. The molecule has 0 aliphatic carbocycles. The molecule has 3 aromatic carbocycles. The van der Waals surface area contributed by atoms with Crippen LogP contribution in [0.3, 0.4) is 0 Å². The fourth-order valence-electron chi connectivity index (χ4n) is 4.54. The van der Waals surface area contributed by atoms with Crippen LogP contribution in [0.15, 0.2) is 60.7 Å². The van der Waals surface area contributed by atoms with E-state index in [0.29, 0.717) is 19.6 Å². The van der Waals surface area contributed by atoms with Gasteiger partial charge in [-0.25, -0.2) is 8.78 Å². The van der Waals surface area contributed by atoms with Crippen molar-refractivity contribution in [2.24, 2.45) is 0 Å². The highest BCUT2D eigenvalue weighted by Crippen LogP contribution is 2.22. The minimum Gasteiger partial charge on any atom is -0.507 e. The summed E-state index contributed by atoms with van der Waals surface area (Å²) in [5, 5.41) is 27.4. The summed E-state index contributed by atoms with van der Waals surface area (Å²) in [5.41, 5.74) is 1.38. The highest BCUT2D eigenvalue weighted by Gasteiger charge is 2.25. The minimum atomic E-state index is -1.11. The van der Waals surface area contributed by atoms with Crippen molar-refractivity contribution in [1.29, 1.82) is 0 Å². The van der Waals surface area contributed by atoms with E-state index in [1.807, 2.05) is 38.1 Å². The molecule has 3 rings (SSSR count). The van der Waals surface area contributed by atoms with Crippen LogP contribution in [0.5, 0.6) is 5.75 Å². The van der Waals surface area contributed by atoms with Gasteiger partial charge < -0.3 is 25.7 Å². The number of nitrogens with zero attached hydrogens (tertiary/aromatic N) is 1. The summed E-state index contributed by atoms with van der Waals surface area (Å²) in [6.45, 7) is 5.48. The normalized spacial score (nSPS) is 12.5. The standard InChI is InChI=1S/C31H36F2IN3O4/c1-3-10-37(11-4-2)31(41)26-16-22(8-9-28(26)38)30(40)36-27(15-21-12-23(32)17-24(33)13-21)29(39)19-35-18-20-6-5-7-25(34)14-20/h5-9,12-14,16-17,27,29,35,38-39H,3-4,10-11,15,18-19H2,1-2H3,(H,36,40)/t27-,29+/m0/s1. The summed E-state index contributed by atoms with van der Waals surface area (Å²) in [4.78, 5) is 28.1. The maximum absolute atomic E-state index is 13.9. The maximum atomic E-state index is 13.9. The molecule has 0 bridgehead atoms. The van der Waals surface area contributed by atoms with Gasteiger partial charge in [0.1, 0.15) is 17.4 Å². The fourth-order valence-corrected chi connectivity index (χ4v) is 5.15. The first-order valence-corrected chi connectivity index (χ1v) is 14.7. The molecule has 0 spiro atoms. The number of phenolic OH excluding ortho intramolecular Hbond substituents is 1. The summed E-state index contributed by atoms with van der Waals surface area (Å²) in [6.07, 6.45) is 0.322. The Morgan fingerprint density at radius 2 is 1.63 bits per heavy atom. The minimum absolute atomic E-state index is 0.00279. The van der Waals surface area contributed by atoms with Crippen molar-refractivity contribution < 1.29 is 28.6 Å². The Morgan fingerprint density at radius 3 is 2.27 bits per heavy atom. The molecule has 7 nitrogen and oxygen atoms in total. The van der Waals surface area contributed by atoms with Crippen molar-refractivity contribution in [3.05, 3.63) is 98.1 Å². The van der Waals surface area contributed by atoms with Crippen LogP contribution in [0.25, 0.3) is 0 Å². The third-order valence-corrected chi connectivity index (χ3v) is 7.16. The molecule has 0 aromatic heterocycles. The smallest absolute Gasteiger partial charge is 0.257 e. The van der Waals surface area contributed by atoms with E-state index in [0.717, 1.165) is 40.2 Å². The number of hydrogen-bond donors (Lipinski definition) is 4. The predicted molar refractivity (Wildman–Crippen MR) is 163 cm³/mol. The zero-order valence-electron chi connectivity index (χ0n) is 23.2. The first kappa shape index (κ1) is 32.4. The Hall–Kier alpha value is -3.09. The third-order valence-electron chi connectivity index (χ3n) is 6.49. The Kier molecular flexibility index (Phi) is 12.5. The molecule has 0 saturated heterocycles. The first-order valence-electron chi connectivity index (χ1n) is 13.6. The second-order valence-electron chi connectivity index (χ2n) is 9.91. The van der Waals surface area contributed by atoms with Crippen LogP contribution in [0.1, 0.15) is 58.5 Å². The largest absolute Gasteiger partial charge is 0.507 e. The molecule has 220 valence electrons. The lowest BCUT2D eigenvalue weighted by Crippen LogP contribution is -2.48. The van der Waals surface area contributed by atoms with Crippen molar-refractivity contribution in [3.63, 3.8) is 0 Å². The molecule has 0 saturated carbocycles. The molecule has 0 heterocycles. The van der Waals surface area contributed by atoms with Crippen LogP contribution in [0, 0.1) is 15.2 Å². The van der Waals surface area contributed by atoms with Crippen LogP contribution in [0.4, 0.5) is 8.78 Å². The van der Waals surface area contributed by atoms with Crippen LogP contribution >= 0.6 is 22.6 Å². The molecule has 4 N–H and O–H groups in total. The van der Waals surface area contributed by atoms with E-state index >= 15 is 0 Å². The number of aromatic hydroxyl groups is 1. The summed E-state index contributed by atoms with van der Waals surface area (Å²) in [5.74, 6) is -2.75. The van der Waals surface area contributed by atoms with Crippen LogP contribution in [0.2, 0.25) is 0 Å². The Balaban J connectivity index is 1.80. The van der Waals surface area contributed by atoms with E-state index in [9.17, 15) is 28.6 Å². The SMILES string of the molecule is CCCN(CCC)C(=O)c1cc(C(=O)N[C@@H](Cc2cc(F)cc(F)c2)[C@H](O)CNCc2cccc(I)c2)ccc1O. The second kappa shape index (κ2) is 15.8. The monoisotopic (exact) mass is 679 g/mol. The van der Waals surface area contributed by atoms with Gasteiger partial charge in [0.05, 0.1) is 17.7 Å². The van der Waals surface area contributed by atoms with Crippen LogP contribution in [-0.4, -0.2) is 58.7 Å². The number of carbonyl (C=O) groups is 2. The number of phenols is 1. The van der Waals surface area contributed by atoms with Gasteiger partial charge in [-0.15, -0.1) is 0 Å². The highest BCUT2D eigenvalue weighted by atomic mass is 127. The quantitative estimate of drug-likeness (QED) is 0.179. The van der Waals surface area contributed by atoms with Crippen molar-refractivity contribution in [2.45, 2.75) is 51.8 Å². The van der Waals surface area contributed by atoms with Crippen molar-refractivity contribution in [2.75, 3.05) is 19.6 Å². The van der Waals surface area contributed by atoms with Crippen LogP contribution < -0.4 is 10.6 Å². The van der Waals surface area contributed by atoms with Gasteiger partial charge in [-0.05, 0) is 95.4 Å². The highest BCUT2D eigenvalue weighted by molar-refractivity contribution is 14.1. The average Bonchev–Trinajstić information content (AvgIpc) is 2.92. The number of hydrogen-bond acceptors (Lipinski definition) is 5. The van der Waals surface area contributed by atoms with E-state index in [-0.39, 0.29) is 41.3 Å². The summed E-state index contributed by atoms with van der Waals surface area (Å²) in [7, 11) is 0. The van der Waals surface area contributed by atoms with Gasteiger partial charge in [0.2, 0.25) is 0 Å². The second-order valence-corrected chi connectivity index (χ2v) is 11.2. The first-order chi connectivity index (χ1) is 19.6. The molecule has 41 heavy (non-hydrogen) atoms. The zero-order chi connectivity index (χ0) is 29.9. The lowest BCUT2D eigenvalue weighted by atomic mass is 9.99. The Labute approximate surface area is 253 Å². The molecule has 0 unspecified atom stereocenters. The number of carbonyl (C=O) groups excluding carboxylic acids is 2. The van der Waals surface area contributed by atoms with E-state index < -0.39 is 29.7 Å². The fraction of sp³-hybridized carbons (Fsp3) is 0.355. The molecule has 2 atom stereocenters. The van der Waals surface area contributed by atoms with Crippen molar-refractivity contribution in [3.8, 4) is 5.75 Å². The predicted octanol–water partition coefficient (Wildman–Crippen LogP) is 5.03. The van der Waals surface area contributed by atoms with Gasteiger partial charge in [-0.1, -0.05) is 26.0 Å². The molecular formula is C31H36F2IN3O4. The van der Waals surface area contributed by atoms with Gasteiger partial charge in [0.15, 0.2) is 0 Å². The van der Waals surface area contributed by atoms with Gasteiger partial charge in [0.25, 0.3) is 11.8 Å². The Morgan fingerprint density at radius 1 is 0.951 bits per heavy atom. The van der Waals surface area contributed by atoms with Gasteiger partial charge in [-0.3, -0.25) is 9.59 Å². The number of aliphatic hydroxyl groups is 1. The molecule has 3 aromatic rings. The topological polar surface area (TPSA) is 102 Å². The average molecular weight is 680 g/mol. The van der Waals surface area contributed by atoms with Gasteiger partial charge >= 0.3 is 0 Å². The Bertz CT molecular complexity index is 1310. The van der Waals surface area contributed by atoms with Crippen LogP contribution in [-0.2, 0) is 13.0 Å². The molecule has 0 radical (unpaired) electrons. The molecule has 0 fully saturated rings. The molecule has 2 amide bonds. The van der Waals surface area contributed by atoms with Gasteiger partial charge in [0, 0.05) is 41.4 Å². The summed E-state index contributed by atoms with van der Waals surface area (Å²) in [6, 6.07) is 14.0. The molecule has 0 aliphatic heterocycles. The number of benzene rings is 3. The lowest BCUT2D eigenvalue weighted by Gasteiger charge is -2.25. The zero-order valence-corrected chi connectivity index (χ0v) is 25.3. The molecular weight excluding hydrogens is 643 g/mol. The van der Waals surface area contributed by atoms with E-state index in [4.69, 9.17) is 0 Å². The molecule has 0 aliphatic rings. The number of rotatable bonds is 14. The maximum Gasteiger partial charge on any atom is 0.257 e.